The average Bonchev–Trinajstić information content (AvgIpc) is 3.31. The number of fused-ring (bicyclic) bond motifs is 1. The van der Waals surface area contributed by atoms with Crippen molar-refractivity contribution in [3.63, 3.8) is 0 Å². The second kappa shape index (κ2) is 7.85. The van der Waals surface area contributed by atoms with Crippen LogP contribution in [0.25, 0.3) is 10.9 Å². The number of aromatic nitrogens is 1. The number of benzene rings is 2. The van der Waals surface area contributed by atoms with Crippen molar-refractivity contribution in [2.24, 2.45) is 0 Å². The van der Waals surface area contributed by atoms with Crippen molar-refractivity contribution in [2.45, 2.75) is 6.04 Å². The molecule has 1 atom stereocenters. The summed E-state index contributed by atoms with van der Waals surface area (Å²) in [6.07, 6.45) is 1.74. The minimum atomic E-state index is 0.0410. The lowest BCUT2D eigenvalue weighted by atomic mass is 9.99. The third kappa shape index (κ3) is 3.48. The Morgan fingerprint density at radius 3 is 2.45 bits per heavy atom. The van der Waals surface area contributed by atoms with Gasteiger partial charge in [-0.05, 0) is 29.6 Å². The van der Waals surface area contributed by atoms with E-state index in [0.717, 1.165) is 37.1 Å². The third-order valence-corrected chi connectivity index (χ3v) is 6.61. The first-order valence-electron chi connectivity index (χ1n) is 9.95. The number of thiophene rings is 1. The number of piperazine rings is 1. The van der Waals surface area contributed by atoms with E-state index < -0.39 is 0 Å². The number of hydrogen-bond donors (Lipinski definition) is 1. The number of nitrogens with zero attached hydrogens (tertiary/aromatic N) is 3. The van der Waals surface area contributed by atoms with E-state index in [0.29, 0.717) is 11.3 Å². The molecule has 29 heavy (non-hydrogen) atoms. The number of para-hydroxylation sites is 1. The Balaban J connectivity index is 1.47. The first-order valence-corrected chi connectivity index (χ1v) is 10.8. The van der Waals surface area contributed by atoms with Crippen LogP contribution in [0.15, 0.2) is 78.3 Å². The van der Waals surface area contributed by atoms with Crippen LogP contribution in [0.4, 0.5) is 5.69 Å². The van der Waals surface area contributed by atoms with Crippen LogP contribution in [0.5, 0.6) is 5.75 Å². The highest BCUT2D eigenvalue weighted by Gasteiger charge is 2.29. The molecule has 2 aromatic heterocycles. The van der Waals surface area contributed by atoms with E-state index >= 15 is 0 Å². The summed E-state index contributed by atoms with van der Waals surface area (Å²) >= 11 is 1.74. The summed E-state index contributed by atoms with van der Waals surface area (Å²) in [5.74, 6) is 0.298. The maximum atomic E-state index is 11.1. The van der Waals surface area contributed by atoms with Crippen molar-refractivity contribution >= 4 is 27.9 Å². The lowest BCUT2D eigenvalue weighted by molar-refractivity contribution is 0.212. The molecular weight excluding hydrogens is 378 g/mol. The van der Waals surface area contributed by atoms with Gasteiger partial charge in [0.2, 0.25) is 0 Å². The van der Waals surface area contributed by atoms with Gasteiger partial charge in [-0.25, -0.2) is 0 Å². The molecule has 0 spiro atoms. The fourth-order valence-corrected chi connectivity index (χ4v) is 5.10. The first kappa shape index (κ1) is 18.2. The van der Waals surface area contributed by atoms with Gasteiger partial charge in [0.05, 0.1) is 6.04 Å². The summed E-state index contributed by atoms with van der Waals surface area (Å²) in [6, 6.07) is 22.9. The van der Waals surface area contributed by atoms with E-state index in [4.69, 9.17) is 0 Å². The summed E-state index contributed by atoms with van der Waals surface area (Å²) in [5, 5.41) is 14.2. The van der Waals surface area contributed by atoms with E-state index in [1.807, 2.05) is 12.1 Å². The largest absolute Gasteiger partial charge is 0.505 e. The van der Waals surface area contributed by atoms with Gasteiger partial charge in [-0.2, -0.15) is 0 Å². The molecule has 2 aromatic carbocycles. The van der Waals surface area contributed by atoms with Crippen LogP contribution in [-0.4, -0.2) is 41.2 Å². The molecule has 1 saturated heterocycles. The number of rotatable bonds is 4. The van der Waals surface area contributed by atoms with Crippen LogP contribution in [0.3, 0.4) is 0 Å². The zero-order valence-corrected chi connectivity index (χ0v) is 16.9. The highest BCUT2D eigenvalue weighted by Crippen LogP contribution is 2.39. The third-order valence-electron chi connectivity index (χ3n) is 5.69. The van der Waals surface area contributed by atoms with Gasteiger partial charge < -0.3 is 10.0 Å². The second-order valence-corrected chi connectivity index (χ2v) is 8.33. The summed E-state index contributed by atoms with van der Waals surface area (Å²) in [5.41, 5.74) is 2.89. The molecule has 1 aliphatic rings. The van der Waals surface area contributed by atoms with Crippen LogP contribution in [0.2, 0.25) is 0 Å². The smallest absolute Gasteiger partial charge is 0.146 e. The van der Waals surface area contributed by atoms with Gasteiger partial charge in [0.1, 0.15) is 11.3 Å². The summed E-state index contributed by atoms with van der Waals surface area (Å²) in [7, 11) is 0. The Hall–Kier alpha value is -2.89. The van der Waals surface area contributed by atoms with E-state index in [-0.39, 0.29) is 6.04 Å². The minimum absolute atomic E-state index is 0.0410. The van der Waals surface area contributed by atoms with Crippen LogP contribution in [0.1, 0.15) is 16.5 Å². The molecule has 0 unspecified atom stereocenters. The topological polar surface area (TPSA) is 39.6 Å². The standard InChI is InChI=1S/C24H23N3OS/c28-24-20(11-10-18-6-4-12-25-22(18)24)23(21-9-5-17-29-21)27-15-13-26(14-16-27)19-7-2-1-3-8-19/h1-12,17,23,28H,13-16H2/t23-/m0/s1. The van der Waals surface area contributed by atoms with Gasteiger partial charge in [-0.3, -0.25) is 9.88 Å². The molecule has 5 rings (SSSR count). The molecule has 1 N–H and O–H groups in total. The maximum absolute atomic E-state index is 11.1. The molecular formula is C24H23N3OS. The van der Waals surface area contributed by atoms with Gasteiger partial charge in [-0.15, -0.1) is 11.3 Å². The Labute approximate surface area is 174 Å². The highest BCUT2D eigenvalue weighted by molar-refractivity contribution is 7.10. The van der Waals surface area contributed by atoms with Crippen LogP contribution >= 0.6 is 11.3 Å². The minimum Gasteiger partial charge on any atom is -0.505 e. The number of aromatic hydroxyl groups is 1. The van der Waals surface area contributed by atoms with Crippen molar-refractivity contribution in [3.05, 3.63) is 88.7 Å². The molecule has 3 heterocycles. The summed E-state index contributed by atoms with van der Waals surface area (Å²) in [4.78, 5) is 10.6. The van der Waals surface area contributed by atoms with Crippen molar-refractivity contribution in [2.75, 3.05) is 31.1 Å². The van der Waals surface area contributed by atoms with Crippen molar-refractivity contribution in [1.82, 2.24) is 9.88 Å². The molecule has 1 fully saturated rings. The molecule has 0 amide bonds. The lowest BCUT2D eigenvalue weighted by Gasteiger charge is -2.40. The Bertz CT molecular complexity index is 1090. The Kier molecular flexibility index (Phi) is 4.92. The molecule has 4 nitrogen and oxygen atoms in total. The predicted molar refractivity (Wildman–Crippen MR) is 120 cm³/mol. The number of hydrogen-bond acceptors (Lipinski definition) is 5. The molecule has 0 bridgehead atoms. The van der Waals surface area contributed by atoms with E-state index in [9.17, 15) is 5.11 Å². The fourth-order valence-electron chi connectivity index (χ4n) is 4.22. The summed E-state index contributed by atoms with van der Waals surface area (Å²) < 4.78 is 0. The summed E-state index contributed by atoms with van der Waals surface area (Å²) in [6.45, 7) is 3.82. The zero-order valence-electron chi connectivity index (χ0n) is 16.1. The maximum Gasteiger partial charge on any atom is 0.146 e. The monoisotopic (exact) mass is 401 g/mol. The Morgan fingerprint density at radius 1 is 0.862 bits per heavy atom. The van der Waals surface area contributed by atoms with Gasteiger partial charge in [-0.1, -0.05) is 42.5 Å². The molecule has 0 aliphatic carbocycles. The lowest BCUT2D eigenvalue weighted by Crippen LogP contribution is -2.47. The second-order valence-electron chi connectivity index (χ2n) is 7.36. The van der Waals surface area contributed by atoms with Crippen LogP contribution in [0, 0.1) is 0 Å². The van der Waals surface area contributed by atoms with Crippen molar-refractivity contribution in [3.8, 4) is 5.75 Å². The molecule has 4 aromatic rings. The van der Waals surface area contributed by atoms with Gasteiger partial charge in [0.25, 0.3) is 0 Å². The number of pyridine rings is 1. The van der Waals surface area contributed by atoms with Crippen LogP contribution < -0.4 is 4.90 Å². The van der Waals surface area contributed by atoms with Crippen LogP contribution in [-0.2, 0) is 0 Å². The Morgan fingerprint density at radius 2 is 1.69 bits per heavy atom. The number of phenols is 1. The average molecular weight is 402 g/mol. The first-order chi connectivity index (χ1) is 14.3. The van der Waals surface area contributed by atoms with Gasteiger partial charge >= 0.3 is 0 Å². The molecule has 0 saturated carbocycles. The van der Waals surface area contributed by atoms with E-state index in [2.05, 4.69) is 74.8 Å². The number of anilines is 1. The normalized spacial score (nSPS) is 16.2. The van der Waals surface area contributed by atoms with E-state index in [1.54, 1.807) is 17.5 Å². The molecule has 146 valence electrons. The quantitative estimate of drug-likeness (QED) is 0.527. The van der Waals surface area contributed by atoms with Gasteiger partial charge in [0, 0.05) is 53.9 Å². The molecule has 0 radical (unpaired) electrons. The SMILES string of the molecule is Oc1c([C@@H](c2cccs2)N2CCN(c3ccccc3)CC2)ccc2cccnc12. The highest BCUT2D eigenvalue weighted by atomic mass is 32.1. The predicted octanol–water partition coefficient (Wildman–Crippen LogP) is 4.91. The molecule has 5 heteroatoms. The van der Waals surface area contributed by atoms with Crippen molar-refractivity contribution in [1.29, 1.82) is 0 Å². The zero-order chi connectivity index (χ0) is 19.6. The fraction of sp³-hybridized carbons (Fsp3) is 0.208. The van der Waals surface area contributed by atoms with Gasteiger partial charge in [0.15, 0.2) is 0 Å². The number of phenolic OH excluding ortho intramolecular Hbond substituents is 1. The van der Waals surface area contributed by atoms with E-state index in [1.165, 1.54) is 10.6 Å². The molecule has 1 aliphatic heterocycles. The van der Waals surface area contributed by atoms with Crippen molar-refractivity contribution < 1.29 is 5.11 Å².